The number of ether oxygens (including phenoxy) is 1. The van der Waals surface area contributed by atoms with Gasteiger partial charge in [-0.05, 0) is 31.0 Å². The van der Waals surface area contributed by atoms with Gasteiger partial charge in [-0.25, -0.2) is 9.79 Å². The molecule has 124 valence electrons. The zero-order valence-electron chi connectivity index (χ0n) is 14.0. The van der Waals surface area contributed by atoms with Gasteiger partial charge in [0.05, 0.1) is 12.6 Å². The highest BCUT2D eigenvalue weighted by Gasteiger charge is 2.37. The highest BCUT2D eigenvalue weighted by molar-refractivity contribution is 6.08. The Balaban J connectivity index is 2.30. The lowest BCUT2D eigenvalue weighted by molar-refractivity contribution is -0.147. The largest absolute Gasteiger partial charge is 0.465 e. The van der Waals surface area contributed by atoms with Crippen LogP contribution in [-0.4, -0.2) is 38.4 Å². The number of rotatable bonds is 5. The second-order valence-corrected chi connectivity index (χ2v) is 5.81. The number of nitrogens with zero attached hydrogens (tertiary/aromatic N) is 2. The molecular weight excluding hydrogens is 294 g/mol. The molecule has 1 aromatic rings. The van der Waals surface area contributed by atoms with E-state index < -0.39 is 18.0 Å². The Morgan fingerprint density at radius 3 is 2.52 bits per heavy atom. The van der Waals surface area contributed by atoms with Crippen LogP contribution in [0.1, 0.15) is 31.9 Å². The SMILES string of the molecule is CCCOC(=O)C1C(C)=NC(=O)NC1c1ccc(N(C)C)cc1. The summed E-state index contributed by atoms with van der Waals surface area (Å²) < 4.78 is 5.27. The molecule has 0 aliphatic carbocycles. The van der Waals surface area contributed by atoms with Crippen LogP contribution in [0.2, 0.25) is 0 Å². The number of aliphatic imine (C=N–C) groups is 1. The van der Waals surface area contributed by atoms with Crippen molar-refractivity contribution in [1.29, 1.82) is 0 Å². The standard InChI is InChI=1S/C17H23N3O3/c1-5-10-23-16(21)14-11(2)18-17(22)19-15(14)12-6-8-13(9-7-12)20(3)4/h6-9,14-15H,5,10H2,1-4H3,(H,19,22). The highest BCUT2D eigenvalue weighted by atomic mass is 16.5. The molecule has 0 saturated heterocycles. The highest BCUT2D eigenvalue weighted by Crippen LogP contribution is 2.29. The number of urea groups is 1. The third-order valence-corrected chi connectivity index (χ3v) is 3.81. The van der Waals surface area contributed by atoms with Gasteiger partial charge in [-0.3, -0.25) is 4.79 Å². The van der Waals surface area contributed by atoms with Gasteiger partial charge in [-0.1, -0.05) is 19.1 Å². The minimum absolute atomic E-state index is 0.352. The first-order chi connectivity index (χ1) is 10.9. The molecule has 0 spiro atoms. The van der Waals surface area contributed by atoms with Crippen LogP contribution in [0.3, 0.4) is 0 Å². The van der Waals surface area contributed by atoms with Crippen LogP contribution in [0.5, 0.6) is 0 Å². The Morgan fingerprint density at radius 2 is 1.96 bits per heavy atom. The average Bonchev–Trinajstić information content (AvgIpc) is 2.52. The molecule has 2 atom stereocenters. The fraction of sp³-hybridized carbons (Fsp3) is 0.471. The lowest BCUT2D eigenvalue weighted by atomic mass is 9.88. The summed E-state index contributed by atoms with van der Waals surface area (Å²) in [6.45, 7) is 4.00. The smallest absolute Gasteiger partial charge is 0.341 e. The first-order valence-corrected chi connectivity index (χ1v) is 7.73. The summed E-state index contributed by atoms with van der Waals surface area (Å²) in [5.74, 6) is -0.945. The number of anilines is 1. The van der Waals surface area contributed by atoms with Crippen LogP contribution in [0, 0.1) is 5.92 Å². The maximum Gasteiger partial charge on any atom is 0.341 e. The predicted molar refractivity (Wildman–Crippen MR) is 89.9 cm³/mol. The minimum Gasteiger partial charge on any atom is -0.465 e. The molecular formula is C17H23N3O3. The molecule has 23 heavy (non-hydrogen) atoms. The Hall–Kier alpha value is -2.37. The number of esters is 1. The van der Waals surface area contributed by atoms with Crippen LogP contribution in [-0.2, 0) is 9.53 Å². The van der Waals surface area contributed by atoms with Gasteiger partial charge in [-0.15, -0.1) is 0 Å². The third kappa shape index (κ3) is 3.88. The van der Waals surface area contributed by atoms with Gasteiger partial charge >= 0.3 is 12.0 Å². The third-order valence-electron chi connectivity index (χ3n) is 3.81. The topological polar surface area (TPSA) is 71.0 Å². The van der Waals surface area contributed by atoms with Crippen molar-refractivity contribution < 1.29 is 14.3 Å². The van der Waals surface area contributed by atoms with E-state index in [2.05, 4.69) is 10.3 Å². The van der Waals surface area contributed by atoms with E-state index in [-0.39, 0.29) is 5.97 Å². The molecule has 2 rings (SSSR count). The molecule has 1 aliphatic rings. The van der Waals surface area contributed by atoms with Crippen LogP contribution < -0.4 is 10.2 Å². The van der Waals surface area contributed by atoms with Gasteiger partial charge in [0.25, 0.3) is 0 Å². The van der Waals surface area contributed by atoms with E-state index in [4.69, 9.17) is 4.74 Å². The number of carbonyl (C=O) groups is 2. The van der Waals surface area contributed by atoms with Crippen LogP contribution in [0.25, 0.3) is 0 Å². The monoisotopic (exact) mass is 317 g/mol. The summed E-state index contributed by atoms with van der Waals surface area (Å²) in [6.07, 6.45) is 0.753. The summed E-state index contributed by atoms with van der Waals surface area (Å²) in [4.78, 5) is 30.0. The summed E-state index contributed by atoms with van der Waals surface area (Å²) in [7, 11) is 3.91. The zero-order chi connectivity index (χ0) is 17.0. The van der Waals surface area contributed by atoms with Crippen molar-refractivity contribution in [3.05, 3.63) is 29.8 Å². The van der Waals surface area contributed by atoms with E-state index in [0.717, 1.165) is 17.7 Å². The van der Waals surface area contributed by atoms with Crippen molar-refractivity contribution in [1.82, 2.24) is 5.32 Å². The van der Waals surface area contributed by atoms with Gasteiger partial charge in [0.1, 0.15) is 5.92 Å². The normalized spacial score (nSPS) is 20.5. The molecule has 0 fully saturated rings. The fourth-order valence-corrected chi connectivity index (χ4v) is 2.57. The van der Waals surface area contributed by atoms with Crippen LogP contribution in [0.4, 0.5) is 10.5 Å². The lowest BCUT2D eigenvalue weighted by Gasteiger charge is -2.30. The molecule has 0 aromatic heterocycles. The molecule has 6 heteroatoms. The zero-order valence-corrected chi connectivity index (χ0v) is 14.0. The Labute approximate surface area is 136 Å². The van der Waals surface area contributed by atoms with Gasteiger partial charge in [0, 0.05) is 25.5 Å². The number of nitrogens with one attached hydrogen (secondary N) is 1. The van der Waals surface area contributed by atoms with E-state index in [1.54, 1.807) is 6.92 Å². The van der Waals surface area contributed by atoms with Crippen molar-refractivity contribution >= 4 is 23.4 Å². The van der Waals surface area contributed by atoms with Gasteiger partial charge in [-0.2, -0.15) is 0 Å². The van der Waals surface area contributed by atoms with Crippen molar-refractivity contribution in [2.75, 3.05) is 25.6 Å². The average molecular weight is 317 g/mol. The first kappa shape index (κ1) is 17.0. The van der Waals surface area contributed by atoms with E-state index in [1.165, 1.54) is 0 Å². The van der Waals surface area contributed by atoms with Gasteiger partial charge < -0.3 is 15.0 Å². The van der Waals surface area contributed by atoms with E-state index in [0.29, 0.717) is 12.3 Å². The fourth-order valence-electron chi connectivity index (χ4n) is 2.57. The van der Waals surface area contributed by atoms with Crippen molar-refractivity contribution in [2.24, 2.45) is 10.9 Å². The molecule has 6 nitrogen and oxygen atoms in total. The number of amides is 2. The lowest BCUT2D eigenvalue weighted by Crippen LogP contribution is -2.44. The molecule has 0 bridgehead atoms. The maximum atomic E-state index is 12.4. The summed E-state index contributed by atoms with van der Waals surface area (Å²) in [5, 5.41) is 2.78. The Bertz CT molecular complexity index is 608. The molecule has 2 amide bonds. The van der Waals surface area contributed by atoms with Crippen molar-refractivity contribution in [3.63, 3.8) is 0 Å². The molecule has 2 unspecified atom stereocenters. The van der Waals surface area contributed by atoms with Crippen molar-refractivity contribution in [3.8, 4) is 0 Å². The number of hydrogen-bond donors (Lipinski definition) is 1. The maximum absolute atomic E-state index is 12.4. The van der Waals surface area contributed by atoms with Crippen LogP contribution >= 0.6 is 0 Å². The van der Waals surface area contributed by atoms with Crippen molar-refractivity contribution in [2.45, 2.75) is 26.3 Å². The first-order valence-electron chi connectivity index (χ1n) is 7.73. The van der Waals surface area contributed by atoms with Gasteiger partial charge in [0.2, 0.25) is 0 Å². The molecule has 1 heterocycles. The van der Waals surface area contributed by atoms with Gasteiger partial charge in [0.15, 0.2) is 0 Å². The molecule has 0 saturated carbocycles. The summed E-state index contributed by atoms with van der Waals surface area (Å²) in [6, 6.07) is 6.86. The van der Waals surface area contributed by atoms with Crippen LogP contribution in [0.15, 0.2) is 29.3 Å². The summed E-state index contributed by atoms with van der Waals surface area (Å²) >= 11 is 0. The van der Waals surface area contributed by atoms with E-state index in [1.807, 2.05) is 50.2 Å². The Kier molecular flexibility index (Phi) is 5.36. The second kappa shape index (κ2) is 7.26. The quantitative estimate of drug-likeness (QED) is 0.847. The minimum atomic E-state index is -0.593. The molecule has 1 N–H and O–H groups in total. The molecule has 0 radical (unpaired) electrons. The summed E-state index contributed by atoms with van der Waals surface area (Å²) in [5.41, 5.74) is 2.39. The molecule has 1 aromatic carbocycles. The van der Waals surface area contributed by atoms with E-state index in [9.17, 15) is 9.59 Å². The predicted octanol–water partition coefficient (Wildman–Crippen LogP) is 2.55. The Morgan fingerprint density at radius 1 is 1.30 bits per heavy atom. The number of hydrogen-bond acceptors (Lipinski definition) is 4. The molecule has 1 aliphatic heterocycles. The van der Waals surface area contributed by atoms with E-state index >= 15 is 0 Å². The number of carbonyl (C=O) groups excluding carboxylic acids is 2. The second-order valence-electron chi connectivity index (χ2n) is 5.81. The number of benzene rings is 1.